The Balaban J connectivity index is 1.47. The van der Waals surface area contributed by atoms with E-state index in [1.165, 1.54) is 22.5 Å². The van der Waals surface area contributed by atoms with Crippen molar-refractivity contribution >= 4 is 21.6 Å². The number of hydrogen-bond donors (Lipinski definition) is 0. The zero-order valence-corrected chi connectivity index (χ0v) is 17.0. The molecular formula is C20H19ClFN3O3S. The number of aromatic nitrogens is 2. The standard InChI is InChI=1S/C20H19ClFN3O3S/c21-15-7-9-16(10-8-15)29(26,27)25-11-3-4-14(13-25)12-19-23-20(24-28-19)17-5-1-2-6-18(17)22/h1-2,5-10,14H,3-4,11-13H2. The molecule has 1 unspecified atom stereocenters. The third-order valence-electron chi connectivity index (χ3n) is 4.98. The maximum Gasteiger partial charge on any atom is 0.243 e. The first-order chi connectivity index (χ1) is 13.9. The zero-order valence-electron chi connectivity index (χ0n) is 15.5. The SMILES string of the molecule is O=S(=O)(c1ccc(Cl)cc1)N1CCCC(Cc2nc(-c3ccccc3F)no2)C1. The second kappa shape index (κ2) is 8.22. The minimum atomic E-state index is -3.59. The van der Waals surface area contributed by atoms with Gasteiger partial charge < -0.3 is 4.52 Å². The molecule has 1 atom stereocenters. The van der Waals surface area contributed by atoms with Gasteiger partial charge in [-0.15, -0.1) is 0 Å². The highest BCUT2D eigenvalue weighted by molar-refractivity contribution is 7.89. The van der Waals surface area contributed by atoms with Crippen LogP contribution < -0.4 is 0 Å². The largest absolute Gasteiger partial charge is 0.339 e. The molecule has 0 aliphatic carbocycles. The fraction of sp³-hybridized carbons (Fsp3) is 0.300. The van der Waals surface area contributed by atoms with E-state index in [0.29, 0.717) is 30.4 Å². The molecule has 2 aromatic carbocycles. The van der Waals surface area contributed by atoms with Gasteiger partial charge in [0.25, 0.3) is 0 Å². The van der Waals surface area contributed by atoms with Crippen LogP contribution in [-0.4, -0.2) is 36.0 Å². The molecule has 0 saturated carbocycles. The number of rotatable bonds is 5. The summed E-state index contributed by atoms with van der Waals surface area (Å²) in [6.07, 6.45) is 2.03. The first-order valence-electron chi connectivity index (χ1n) is 9.26. The molecule has 4 rings (SSSR count). The smallest absolute Gasteiger partial charge is 0.243 e. The van der Waals surface area contributed by atoms with Gasteiger partial charge in [0.2, 0.25) is 21.7 Å². The Morgan fingerprint density at radius 2 is 1.93 bits per heavy atom. The van der Waals surface area contributed by atoms with Gasteiger partial charge in [-0.05, 0) is 55.2 Å². The number of nitrogens with zero attached hydrogens (tertiary/aromatic N) is 3. The lowest BCUT2D eigenvalue weighted by Gasteiger charge is -2.31. The van der Waals surface area contributed by atoms with Crippen molar-refractivity contribution in [3.8, 4) is 11.4 Å². The van der Waals surface area contributed by atoms with Crippen molar-refractivity contribution in [2.45, 2.75) is 24.2 Å². The summed E-state index contributed by atoms with van der Waals surface area (Å²) in [5.74, 6) is 0.191. The van der Waals surface area contributed by atoms with Gasteiger partial charge >= 0.3 is 0 Å². The molecule has 0 bridgehead atoms. The van der Waals surface area contributed by atoms with Gasteiger partial charge in [0.05, 0.1) is 10.5 Å². The monoisotopic (exact) mass is 435 g/mol. The summed E-state index contributed by atoms with van der Waals surface area (Å²) in [5.41, 5.74) is 0.276. The number of sulfonamides is 1. The van der Waals surface area contributed by atoms with Crippen LogP contribution in [0.5, 0.6) is 0 Å². The molecule has 1 aromatic heterocycles. The van der Waals surface area contributed by atoms with E-state index in [-0.39, 0.29) is 22.2 Å². The first-order valence-corrected chi connectivity index (χ1v) is 11.1. The van der Waals surface area contributed by atoms with E-state index in [0.717, 1.165) is 12.8 Å². The van der Waals surface area contributed by atoms with Crippen LogP contribution in [0.1, 0.15) is 18.7 Å². The zero-order chi connectivity index (χ0) is 20.4. The van der Waals surface area contributed by atoms with Crippen LogP contribution in [0.15, 0.2) is 57.9 Å². The molecule has 9 heteroatoms. The summed E-state index contributed by atoms with van der Waals surface area (Å²) in [7, 11) is -3.59. The van der Waals surface area contributed by atoms with Gasteiger partial charge in [-0.3, -0.25) is 0 Å². The van der Waals surface area contributed by atoms with Crippen LogP contribution in [0.25, 0.3) is 11.4 Å². The van der Waals surface area contributed by atoms with Crippen LogP contribution in [0.4, 0.5) is 4.39 Å². The van der Waals surface area contributed by atoms with E-state index in [4.69, 9.17) is 16.1 Å². The Labute approximate surface area is 173 Å². The van der Waals surface area contributed by atoms with E-state index in [9.17, 15) is 12.8 Å². The van der Waals surface area contributed by atoms with Crippen molar-refractivity contribution in [2.24, 2.45) is 5.92 Å². The lowest BCUT2D eigenvalue weighted by molar-refractivity contribution is 0.247. The highest BCUT2D eigenvalue weighted by Gasteiger charge is 2.31. The average molecular weight is 436 g/mol. The lowest BCUT2D eigenvalue weighted by atomic mass is 9.96. The quantitative estimate of drug-likeness (QED) is 0.601. The Morgan fingerprint density at radius 3 is 2.69 bits per heavy atom. The molecule has 152 valence electrons. The Kier molecular flexibility index (Phi) is 5.67. The molecule has 3 aromatic rings. The van der Waals surface area contributed by atoms with Crippen LogP contribution in [0.2, 0.25) is 5.02 Å². The predicted octanol–water partition coefficient (Wildman–Crippen LogP) is 4.17. The van der Waals surface area contributed by atoms with Gasteiger partial charge in [-0.25, -0.2) is 12.8 Å². The molecule has 1 fully saturated rings. The van der Waals surface area contributed by atoms with Crippen molar-refractivity contribution in [3.05, 3.63) is 65.3 Å². The number of piperidine rings is 1. The summed E-state index contributed by atoms with van der Waals surface area (Å²) < 4.78 is 46.5. The third-order valence-corrected chi connectivity index (χ3v) is 7.11. The van der Waals surface area contributed by atoms with E-state index in [2.05, 4.69) is 10.1 Å². The van der Waals surface area contributed by atoms with Crippen LogP contribution in [-0.2, 0) is 16.4 Å². The van der Waals surface area contributed by atoms with Crippen LogP contribution >= 0.6 is 11.6 Å². The van der Waals surface area contributed by atoms with Crippen molar-refractivity contribution in [2.75, 3.05) is 13.1 Å². The summed E-state index contributed by atoms with van der Waals surface area (Å²) in [6, 6.07) is 12.4. The fourth-order valence-electron chi connectivity index (χ4n) is 3.50. The molecule has 1 aliphatic heterocycles. The minimum Gasteiger partial charge on any atom is -0.339 e. The molecule has 0 spiro atoms. The highest BCUT2D eigenvalue weighted by Crippen LogP contribution is 2.27. The molecular weight excluding hydrogens is 417 g/mol. The summed E-state index contributed by atoms with van der Waals surface area (Å²) >= 11 is 5.86. The second-order valence-corrected chi connectivity index (χ2v) is 9.40. The first kappa shape index (κ1) is 20.0. The molecule has 1 aliphatic rings. The normalized spacial score (nSPS) is 18.1. The minimum absolute atomic E-state index is 0.0414. The lowest BCUT2D eigenvalue weighted by Crippen LogP contribution is -2.40. The Hall–Kier alpha value is -2.29. The molecule has 6 nitrogen and oxygen atoms in total. The van der Waals surface area contributed by atoms with E-state index in [1.54, 1.807) is 30.3 Å². The van der Waals surface area contributed by atoms with Crippen molar-refractivity contribution in [1.29, 1.82) is 0 Å². The molecule has 29 heavy (non-hydrogen) atoms. The molecule has 2 heterocycles. The molecule has 1 saturated heterocycles. The van der Waals surface area contributed by atoms with Crippen molar-refractivity contribution < 1.29 is 17.3 Å². The van der Waals surface area contributed by atoms with Gasteiger partial charge in [-0.1, -0.05) is 28.9 Å². The van der Waals surface area contributed by atoms with E-state index in [1.807, 2.05) is 0 Å². The van der Waals surface area contributed by atoms with Gasteiger partial charge in [0.15, 0.2) is 0 Å². The number of hydrogen-bond acceptors (Lipinski definition) is 5. The summed E-state index contributed by atoms with van der Waals surface area (Å²) in [5, 5.41) is 4.35. The maximum absolute atomic E-state index is 13.9. The number of halogens is 2. The topological polar surface area (TPSA) is 76.3 Å². The second-order valence-electron chi connectivity index (χ2n) is 7.02. The Bertz CT molecular complexity index is 1100. The summed E-state index contributed by atoms with van der Waals surface area (Å²) in [4.78, 5) is 4.51. The van der Waals surface area contributed by atoms with Crippen LogP contribution in [0.3, 0.4) is 0 Å². The molecule has 0 radical (unpaired) electrons. The van der Waals surface area contributed by atoms with Gasteiger partial charge in [0.1, 0.15) is 5.82 Å². The van der Waals surface area contributed by atoms with Crippen molar-refractivity contribution in [3.63, 3.8) is 0 Å². The molecule has 0 N–H and O–H groups in total. The maximum atomic E-state index is 13.9. The van der Waals surface area contributed by atoms with E-state index < -0.39 is 15.8 Å². The highest BCUT2D eigenvalue weighted by atomic mass is 35.5. The fourth-order valence-corrected chi connectivity index (χ4v) is 5.18. The van der Waals surface area contributed by atoms with Gasteiger partial charge in [-0.2, -0.15) is 9.29 Å². The van der Waals surface area contributed by atoms with E-state index >= 15 is 0 Å². The van der Waals surface area contributed by atoms with Gasteiger partial charge in [0, 0.05) is 24.5 Å². The molecule has 0 amide bonds. The third kappa shape index (κ3) is 4.34. The Morgan fingerprint density at radius 1 is 1.17 bits per heavy atom. The average Bonchev–Trinajstić information content (AvgIpc) is 3.17. The predicted molar refractivity (Wildman–Crippen MR) is 106 cm³/mol. The van der Waals surface area contributed by atoms with Crippen LogP contribution in [0, 0.1) is 11.7 Å². The van der Waals surface area contributed by atoms with Crippen molar-refractivity contribution in [1.82, 2.24) is 14.4 Å². The number of benzene rings is 2. The summed E-state index contributed by atoms with van der Waals surface area (Å²) in [6.45, 7) is 0.828.